The summed E-state index contributed by atoms with van der Waals surface area (Å²) >= 11 is 0. The highest BCUT2D eigenvalue weighted by molar-refractivity contribution is 6.55. The van der Waals surface area contributed by atoms with E-state index in [1.807, 2.05) is 34.6 Å². The Morgan fingerprint density at radius 3 is 2.38 bits per heavy atom. The fourth-order valence-corrected chi connectivity index (χ4v) is 2.84. The van der Waals surface area contributed by atoms with Crippen LogP contribution in [0.3, 0.4) is 0 Å². The average molecular weight is 335 g/mol. The van der Waals surface area contributed by atoms with Crippen LogP contribution in [0.1, 0.15) is 41.0 Å². The number of carbonyl (C=O) groups is 1. The van der Waals surface area contributed by atoms with Crippen molar-refractivity contribution in [3.05, 3.63) is 35.2 Å². The van der Waals surface area contributed by atoms with Crippen LogP contribution in [0.4, 0.5) is 9.18 Å². The number of ether oxygens (including phenoxy) is 1. The zero-order valence-electron chi connectivity index (χ0n) is 14.8. The van der Waals surface area contributed by atoms with Gasteiger partial charge in [0.2, 0.25) is 0 Å². The summed E-state index contributed by atoms with van der Waals surface area (Å²) in [4.78, 5) is 13.4. The number of halogens is 1. The van der Waals surface area contributed by atoms with Gasteiger partial charge in [0.05, 0.1) is 17.7 Å². The van der Waals surface area contributed by atoms with Crippen LogP contribution in [-0.2, 0) is 14.0 Å². The van der Waals surface area contributed by atoms with E-state index in [-0.39, 0.29) is 18.4 Å². The summed E-state index contributed by atoms with van der Waals surface area (Å²) < 4.78 is 31.6. The van der Waals surface area contributed by atoms with Crippen molar-refractivity contribution >= 4 is 13.2 Å². The van der Waals surface area contributed by atoms with Crippen molar-refractivity contribution in [1.82, 2.24) is 4.90 Å². The second-order valence-corrected chi connectivity index (χ2v) is 7.42. The molecule has 2 heterocycles. The first-order valence-corrected chi connectivity index (χ1v) is 8.21. The molecule has 1 atom stereocenters. The Balaban J connectivity index is 1.81. The molecule has 3 rings (SSSR count). The molecule has 0 radical (unpaired) electrons. The molecule has 0 spiro atoms. The predicted octanol–water partition coefficient (Wildman–Crippen LogP) is 3.53. The number of hydrogen-bond donors (Lipinski definition) is 0. The van der Waals surface area contributed by atoms with E-state index in [1.54, 1.807) is 18.2 Å². The van der Waals surface area contributed by atoms with Crippen molar-refractivity contribution < 1.29 is 23.2 Å². The summed E-state index contributed by atoms with van der Waals surface area (Å²) in [5.41, 5.74) is -0.0722. The van der Waals surface area contributed by atoms with Crippen molar-refractivity contribution in [2.24, 2.45) is 0 Å². The third-order valence-electron chi connectivity index (χ3n) is 5.02. The fraction of sp³-hybridized carbons (Fsp3) is 0.588. The monoisotopic (exact) mass is 335 g/mol. The summed E-state index contributed by atoms with van der Waals surface area (Å²) in [5.74, 6) is -0.319. The van der Waals surface area contributed by atoms with Gasteiger partial charge in [0.15, 0.2) is 0 Å². The lowest BCUT2D eigenvalue weighted by atomic mass is 9.77. The van der Waals surface area contributed by atoms with Gasteiger partial charge in [-0.1, -0.05) is 12.2 Å². The summed E-state index contributed by atoms with van der Waals surface area (Å²) in [7, 11) is -0.761. The van der Waals surface area contributed by atoms with Crippen LogP contribution < -0.4 is 0 Å². The van der Waals surface area contributed by atoms with Crippen LogP contribution in [0, 0.1) is 0 Å². The highest BCUT2D eigenvalue weighted by Gasteiger charge is 2.52. The second-order valence-electron chi connectivity index (χ2n) is 7.42. The molecule has 7 heteroatoms. The number of rotatable bonds is 2. The SMILES string of the molecule is CC1CN(C2=CCC(F)=C(B3OC(C)(C)C(C)(C)O3)C=C2)C(=O)O1. The number of nitrogens with zero attached hydrogens (tertiary/aromatic N) is 1. The van der Waals surface area contributed by atoms with E-state index in [4.69, 9.17) is 14.0 Å². The maximum atomic E-state index is 14.6. The molecule has 2 fully saturated rings. The van der Waals surface area contributed by atoms with Crippen molar-refractivity contribution in [2.45, 2.75) is 58.3 Å². The Morgan fingerprint density at radius 2 is 1.83 bits per heavy atom. The third kappa shape index (κ3) is 2.91. The van der Waals surface area contributed by atoms with E-state index >= 15 is 0 Å². The molecule has 130 valence electrons. The molecule has 5 nitrogen and oxygen atoms in total. The van der Waals surface area contributed by atoms with Gasteiger partial charge < -0.3 is 14.0 Å². The first-order valence-electron chi connectivity index (χ1n) is 8.21. The number of cyclic esters (lactones) is 1. The van der Waals surface area contributed by atoms with Gasteiger partial charge in [-0.05, 0) is 40.7 Å². The lowest BCUT2D eigenvalue weighted by Crippen LogP contribution is -2.41. The number of allylic oxidation sites excluding steroid dienone is 5. The number of amides is 1. The normalized spacial score (nSPS) is 29.0. The molecular weight excluding hydrogens is 312 g/mol. The largest absolute Gasteiger partial charge is 0.497 e. The minimum absolute atomic E-state index is 0.0832. The van der Waals surface area contributed by atoms with Crippen molar-refractivity contribution in [1.29, 1.82) is 0 Å². The average Bonchev–Trinajstić information content (AvgIpc) is 2.80. The van der Waals surface area contributed by atoms with Gasteiger partial charge in [0.1, 0.15) is 11.9 Å². The lowest BCUT2D eigenvalue weighted by Gasteiger charge is -2.32. The second kappa shape index (κ2) is 5.74. The lowest BCUT2D eigenvalue weighted by molar-refractivity contribution is 0.00578. The first-order chi connectivity index (χ1) is 11.1. The highest BCUT2D eigenvalue weighted by Crippen LogP contribution is 2.40. The van der Waals surface area contributed by atoms with Gasteiger partial charge in [-0.25, -0.2) is 9.18 Å². The molecule has 2 aliphatic heterocycles. The van der Waals surface area contributed by atoms with E-state index < -0.39 is 24.4 Å². The molecule has 2 saturated heterocycles. The maximum absolute atomic E-state index is 14.6. The van der Waals surface area contributed by atoms with Crippen LogP contribution in [0.2, 0.25) is 0 Å². The van der Waals surface area contributed by atoms with Gasteiger partial charge in [-0.15, -0.1) is 0 Å². The van der Waals surface area contributed by atoms with Crippen LogP contribution in [0.5, 0.6) is 0 Å². The quantitative estimate of drug-likeness (QED) is 0.725. The van der Waals surface area contributed by atoms with E-state index in [1.165, 1.54) is 4.90 Å². The summed E-state index contributed by atoms with van der Waals surface area (Å²) in [5, 5.41) is 0. The molecule has 1 unspecified atom stereocenters. The third-order valence-corrected chi connectivity index (χ3v) is 5.02. The Kier molecular flexibility index (Phi) is 4.12. The minimum atomic E-state index is -0.761. The molecule has 0 aromatic carbocycles. The standard InChI is InChI=1S/C17H23BFNO4/c1-11-10-20(15(21)22-11)12-6-8-13(14(19)9-7-12)18-23-16(2,3)17(4,5)24-18/h6-8,11H,9-10H2,1-5H3. The van der Waals surface area contributed by atoms with E-state index in [9.17, 15) is 9.18 Å². The minimum Gasteiger partial charge on any atom is -0.444 e. The Labute approximate surface area is 142 Å². The molecule has 3 aliphatic rings. The van der Waals surface area contributed by atoms with E-state index in [2.05, 4.69) is 0 Å². The smallest absolute Gasteiger partial charge is 0.444 e. The predicted molar refractivity (Wildman–Crippen MR) is 88.7 cm³/mol. The van der Waals surface area contributed by atoms with Gasteiger partial charge >= 0.3 is 13.2 Å². The molecule has 24 heavy (non-hydrogen) atoms. The maximum Gasteiger partial charge on any atom is 0.497 e. The molecule has 0 saturated carbocycles. The molecule has 0 N–H and O–H groups in total. The van der Waals surface area contributed by atoms with Gasteiger partial charge in [0.25, 0.3) is 0 Å². The fourth-order valence-electron chi connectivity index (χ4n) is 2.84. The summed E-state index contributed by atoms with van der Waals surface area (Å²) in [6, 6.07) is 0. The topological polar surface area (TPSA) is 48.0 Å². The molecule has 1 amide bonds. The van der Waals surface area contributed by atoms with Crippen molar-refractivity contribution in [3.8, 4) is 0 Å². The Hall–Kier alpha value is -1.60. The highest BCUT2D eigenvalue weighted by atomic mass is 19.1. The Bertz CT molecular complexity index is 637. The molecule has 0 bridgehead atoms. The van der Waals surface area contributed by atoms with E-state index in [0.717, 1.165) is 0 Å². The Morgan fingerprint density at radius 1 is 1.21 bits per heavy atom. The van der Waals surface area contributed by atoms with Gasteiger partial charge in [0, 0.05) is 17.6 Å². The van der Waals surface area contributed by atoms with Crippen molar-refractivity contribution in [2.75, 3.05) is 6.54 Å². The zero-order valence-corrected chi connectivity index (χ0v) is 14.8. The van der Waals surface area contributed by atoms with E-state index in [0.29, 0.717) is 17.7 Å². The van der Waals surface area contributed by atoms with Crippen LogP contribution >= 0.6 is 0 Å². The van der Waals surface area contributed by atoms with Gasteiger partial charge in [-0.2, -0.15) is 0 Å². The molecule has 1 aliphatic carbocycles. The molecule has 0 aromatic rings. The summed E-state index contributed by atoms with van der Waals surface area (Å²) in [6.07, 6.45) is 4.54. The number of carbonyl (C=O) groups excluding carboxylic acids is 1. The van der Waals surface area contributed by atoms with Crippen LogP contribution in [0.25, 0.3) is 0 Å². The molecular formula is C17H23BFNO4. The molecule has 0 aromatic heterocycles. The number of hydrogen-bond acceptors (Lipinski definition) is 4. The zero-order chi connectivity index (χ0) is 17.7. The van der Waals surface area contributed by atoms with Crippen LogP contribution in [0.15, 0.2) is 35.2 Å². The van der Waals surface area contributed by atoms with Crippen molar-refractivity contribution in [3.63, 3.8) is 0 Å². The first kappa shape index (κ1) is 17.2. The van der Waals surface area contributed by atoms with Gasteiger partial charge in [-0.3, -0.25) is 4.90 Å². The van der Waals surface area contributed by atoms with Crippen LogP contribution in [-0.4, -0.2) is 42.0 Å². The summed E-state index contributed by atoms with van der Waals surface area (Å²) in [6.45, 7) is 10.00.